The summed E-state index contributed by atoms with van der Waals surface area (Å²) < 4.78 is 0. The monoisotopic (exact) mass is 504 g/mol. The van der Waals surface area contributed by atoms with E-state index in [0.717, 1.165) is 0 Å². The van der Waals surface area contributed by atoms with Gasteiger partial charge in [-0.2, -0.15) is 10.2 Å². The number of carbonyl (C=O) groups excluding carboxylic acids is 1. The van der Waals surface area contributed by atoms with E-state index in [1.54, 1.807) is 66.7 Å². The van der Waals surface area contributed by atoms with Crippen molar-refractivity contribution in [3.05, 3.63) is 87.9 Å². The summed E-state index contributed by atoms with van der Waals surface area (Å²) in [6, 6.07) is 19.1. The smallest absolute Gasteiger partial charge is 0.264 e. The van der Waals surface area contributed by atoms with E-state index in [2.05, 4.69) is 10.2 Å². The van der Waals surface area contributed by atoms with Gasteiger partial charge in [0.05, 0.1) is 21.4 Å². The van der Waals surface area contributed by atoms with E-state index in [1.165, 1.54) is 9.80 Å². The highest BCUT2D eigenvalue weighted by Crippen LogP contribution is 2.37. The number of azo groups is 1. The molecule has 162 valence electrons. The second-order valence-corrected chi connectivity index (χ2v) is 8.37. The summed E-state index contributed by atoms with van der Waals surface area (Å²) in [4.78, 5) is 16.0. The number of anilines is 2. The van der Waals surface area contributed by atoms with Crippen LogP contribution in [0.1, 0.15) is 0 Å². The molecule has 3 aromatic rings. The molecule has 10 heteroatoms. The van der Waals surface area contributed by atoms with Crippen molar-refractivity contribution in [2.24, 2.45) is 10.2 Å². The Morgan fingerprint density at radius 1 is 0.906 bits per heavy atom. The van der Waals surface area contributed by atoms with Crippen molar-refractivity contribution < 1.29 is 9.90 Å². The normalized spacial score (nSPS) is 19.1. The van der Waals surface area contributed by atoms with Gasteiger partial charge in [0.15, 0.2) is 17.4 Å². The summed E-state index contributed by atoms with van der Waals surface area (Å²) >= 11 is 24.2. The van der Waals surface area contributed by atoms with Gasteiger partial charge < -0.3 is 5.11 Å². The molecule has 0 aromatic heterocycles. The Morgan fingerprint density at radius 2 is 1.59 bits per heavy atom. The van der Waals surface area contributed by atoms with E-state index in [1.807, 2.05) is 6.07 Å². The Balaban J connectivity index is 1.81. The molecular formula is C22H15Cl3N4O2S. The first-order valence-electron chi connectivity index (χ1n) is 9.39. The van der Waals surface area contributed by atoms with Crippen LogP contribution >= 0.6 is 47.0 Å². The van der Waals surface area contributed by atoms with Crippen molar-refractivity contribution in [1.29, 1.82) is 0 Å². The Morgan fingerprint density at radius 3 is 2.28 bits per heavy atom. The van der Waals surface area contributed by atoms with Gasteiger partial charge in [0.25, 0.3) is 5.91 Å². The number of thiocarbonyl (C=S) groups is 1. The standard InChI is InChI=1S/C22H15Cl3N4O2S/c23-13-9-11-15(12-10-13)28-20(30)19(27-26-14-5-2-1-3-6-14)21(31)29(22(28)32)17-8-4-7-16(24)18(17)25/h1-12,19-20,30H. The van der Waals surface area contributed by atoms with Crippen LogP contribution in [0.15, 0.2) is 83.0 Å². The predicted molar refractivity (Wildman–Crippen MR) is 131 cm³/mol. The van der Waals surface area contributed by atoms with Crippen LogP contribution in [0.25, 0.3) is 0 Å². The molecule has 2 atom stereocenters. The second-order valence-electron chi connectivity index (χ2n) is 6.79. The summed E-state index contributed by atoms with van der Waals surface area (Å²) in [7, 11) is 0. The molecular weight excluding hydrogens is 491 g/mol. The van der Waals surface area contributed by atoms with Crippen LogP contribution < -0.4 is 9.80 Å². The Bertz CT molecular complexity index is 1190. The number of aliphatic hydroxyl groups excluding tert-OH is 1. The number of amides is 1. The minimum Gasteiger partial charge on any atom is -0.370 e. The van der Waals surface area contributed by atoms with Crippen LogP contribution in [0.3, 0.4) is 0 Å². The molecule has 1 heterocycles. The van der Waals surface area contributed by atoms with E-state index in [0.29, 0.717) is 16.4 Å². The molecule has 3 aromatic carbocycles. The number of hydrogen-bond donors (Lipinski definition) is 1. The van der Waals surface area contributed by atoms with Gasteiger partial charge in [-0.05, 0) is 60.7 Å². The predicted octanol–water partition coefficient (Wildman–Crippen LogP) is 6.26. The van der Waals surface area contributed by atoms with Gasteiger partial charge in [0.2, 0.25) is 0 Å². The van der Waals surface area contributed by atoms with Crippen molar-refractivity contribution in [2.75, 3.05) is 9.80 Å². The summed E-state index contributed by atoms with van der Waals surface area (Å²) in [5, 5.41) is 20.3. The highest BCUT2D eigenvalue weighted by atomic mass is 35.5. The zero-order chi connectivity index (χ0) is 22.8. The van der Waals surface area contributed by atoms with Crippen molar-refractivity contribution in [3.63, 3.8) is 0 Å². The first kappa shape index (κ1) is 22.6. The fourth-order valence-electron chi connectivity index (χ4n) is 3.20. The molecule has 1 N–H and O–H groups in total. The van der Waals surface area contributed by atoms with Crippen molar-refractivity contribution in [1.82, 2.24) is 0 Å². The molecule has 1 saturated heterocycles. The van der Waals surface area contributed by atoms with Crippen LogP contribution in [0.5, 0.6) is 0 Å². The van der Waals surface area contributed by atoms with Crippen LogP contribution in [-0.2, 0) is 4.79 Å². The molecule has 32 heavy (non-hydrogen) atoms. The van der Waals surface area contributed by atoms with E-state index in [-0.39, 0.29) is 20.8 Å². The molecule has 0 spiro atoms. The van der Waals surface area contributed by atoms with Gasteiger partial charge in [0.1, 0.15) is 0 Å². The molecule has 1 fully saturated rings. The minimum absolute atomic E-state index is 0.0140. The number of halogens is 3. The Hall–Kier alpha value is -2.55. The third-order valence-electron chi connectivity index (χ3n) is 4.75. The number of rotatable bonds is 4. The minimum atomic E-state index is -1.40. The molecule has 0 aliphatic carbocycles. The van der Waals surface area contributed by atoms with Crippen LogP contribution in [0.2, 0.25) is 15.1 Å². The van der Waals surface area contributed by atoms with E-state index in [4.69, 9.17) is 47.0 Å². The topological polar surface area (TPSA) is 68.5 Å². The van der Waals surface area contributed by atoms with Crippen LogP contribution in [0, 0.1) is 0 Å². The fourth-order valence-corrected chi connectivity index (χ4v) is 4.11. The molecule has 1 aliphatic heterocycles. The molecule has 0 radical (unpaired) electrons. The second kappa shape index (κ2) is 9.52. The number of nitrogens with zero attached hydrogens (tertiary/aromatic N) is 4. The SMILES string of the molecule is O=C1C(N=Nc2ccccc2)C(O)N(c2ccc(Cl)cc2)C(=S)N1c1cccc(Cl)c1Cl. The maximum absolute atomic E-state index is 13.4. The van der Waals surface area contributed by atoms with Crippen molar-refractivity contribution in [2.45, 2.75) is 12.3 Å². The maximum atomic E-state index is 13.4. The first-order valence-corrected chi connectivity index (χ1v) is 10.9. The molecule has 1 aliphatic rings. The van der Waals surface area contributed by atoms with Crippen molar-refractivity contribution in [3.8, 4) is 0 Å². The molecule has 6 nitrogen and oxygen atoms in total. The molecule has 0 bridgehead atoms. The van der Waals surface area contributed by atoms with Gasteiger partial charge >= 0.3 is 0 Å². The van der Waals surface area contributed by atoms with Gasteiger partial charge in [-0.25, -0.2) is 0 Å². The highest BCUT2D eigenvalue weighted by molar-refractivity contribution is 7.81. The van der Waals surface area contributed by atoms with Gasteiger partial charge in [-0.15, -0.1) is 0 Å². The summed E-state index contributed by atoms with van der Waals surface area (Å²) in [5.74, 6) is -0.587. The number of aliphatic hydroxyl groups is 1. The lowest BCUT2D eigenvalue weighted by atomic mass is 10.1. The van der Waals surface area contributed by atoms with E-state index < -0.39 is 18.2 Å². The van der Waals surface area contributed by atoms with E-state index >= 15 is 0 Å². The average Bonchev–Trinajstić information content (AvgIpc) is 2.78. The zero-order valence-corrected chi connectivity index (χ0v) is 19.4. The fraction of sp³-hybridized carbons (Fsp3) is 0.0909. The first-order chi connectivity index (χ1) is 15.4. The van der Waals surface area contributed by atoms with Crippen molar-refractivity contribution >= 4 is 75.1 Å². The maximum Gasteiger partial charge on any atom is 0.264 e. The number of carbonyl (C=O) groups is 1. The lowest BCUT2D eigenvalue weighted by Crippen LogP contribution is -2.64. The lowest BCUT2D eigenvalue weighted by molar-refractivity contribution is -0.121. The zero-order valence-electron chi connectivity index (χ0n) is 16.3. The largest absolute Gasteiger partial charge is 0.370 e. The average molecular weight is 506 g/mol. The molecule has 4 rings (SSSR count). The highest BCUT2D eigenvalue weighted by Gasteiger charge is 2.46. The van der Waals surface area contributed by atoms with Crippen LogP contribution in [-0.4, -0.2) is 28.4 Å². The van der Waals surface area contributed by atoms with Crippen LogP contribution in [0.4, 0.5) is 17.1 Å². The third-order valence-corrected chi connectivity index (χ3v) is 6.19. The third kappa shape index (κ3) is 4.35. The summed E-state index contributed by atoms with van der Waals surface area (Å²) in [6.45, 7) is 0. The number of hydrogen-bond acceptors (Lipinski definition) is 5. The quantitative estimate of drug-likeness (QED) is 0.336. The Labute approximate surface area is 204 Å². The summed E-state index contributed by atoms with van der Waals surface area (Å²) in [5.41, 5.74) is 1.33. The molecule has 0 saturated carbocycles. The summed E-state index contributed by atoms with van der Waals surface area (Å²) in [6.07, 6.45) is -1.40. The van der Waals surface area contributed by atoms with E-state index in [9.17, 15) is 9.90 Å². The Kier molecular flexibility index (Phi) is 6.74. The van der Waals surface area contributed by atoms with Gasteiger partial charge in [-0.3, -0.25) is 14.6 Å². The lowest BCUT2D eigenvalue weighted by Gasteiger charge is -2.42. The molecule has 2 unspecified atom stereocenters. The molecule has 1 amide bonds. The van der Waals surface area contributed by atoms with Gasteiger partial charge in [0, 0.05) is 10.7 Å². The number of benzene rings is 3. The van der Waals surface area contributed by atoms with Gasteiger partial charge in [-0.1, -0.05) is 59.1 Å².